The van der Waals surface area contributed by atoms with Gasteiger partial charge in [0.2, 0.25) is 0 Å². The summed E-state index contributed by atoms with van der Waals surface area (Å²) >= 11 is 0. The third-order valence-electron chi connectivity index (χ3n) is 27.8. The number of hydrogen-bond acceptors (Lipinski definition) is 4. The predicted molar refractivity (Wildman–Crippen MR) is 603 cm³/mol. The Morgan fingerprint density at radius 2 is 0.289 bits per heavy atom. The number of rotatable bonds is 20. The molecule has 2 aromatic heterocycles. The maximum Gasteiger partial charge on any atom is 0.0542 e. The molecule has 142 heavy (non-hydrogen) atoms. The molecule has 24 aromatic carbocycles. The van der Waals surface area contributed by atoms with Crippen molar-refractivity contribution in [3.05, 3.63) is 570 Å². The SMILES string of the molecule is c1ccc(-c2ccc(-c3c4ccccc4c(-c4cccc(-n5c6ccc(N(c7ccccc7)c7ccccc7)cc6c6cc(N(c7ccccc7)c7ccccc7)ccc65)c4)c4ccccc34)cc2)cc1.c1ccc(-c2cccc(-c3c4ccccc4c(-c4cccc(-n5c6ccc(N(c7ccccc7)c7ccccc7)cc6c6cc(N(c7ccccc7)c7ccccc7)ccc65)c4)c4ccccc34)c2)cc1. The molecular weight excluding hydrogens is 1720 g/mol. The van der Waals surface area contributed by atoms with E-state index in [9.17, 15) is 0 Å². The molecule has 0 amide bonds. The highest BCUT2D eigenvalue weighted by atomic mass is 15.2. The molecule has 26 rings (SSSR count). The largest absolute Gasteiger partial charge is 0.310 e. The molecule has 0 atom stereocenters. The summed E-state index contributed by atoms with van der Waals surface area (Å²) < 4.78 is 4.92. The molecule has 0 unspecified atom stereocenters. The average molecular weight is 1810 g/mol. The van der Waals surface area contributed by atoms with Crippen LogP contribution in [0.15, 0.2) is 570 Å². The third kappa shape index (κ3) is 15.7. The quantitative estimate of drug-likeness (QED) is 0.0710. The van der Waals surface area contributed by atoms with Crippen molar-refractivity contribution in [2.75, 3.05) is 19.6 Å². The molecule has 0 spiro atoms. The van der Waals surface area contributed by atoms with E-state index >= 15 is 0 Å². The molecule has 0 fully saturated rings. The highest BCUT2D eigenvalue weighted by Gasteiger charge is 2.27. The Balaban J connectivity index is 0.000000149. The van der Waals surface area contributed by atoms with E-state index in [4.69, 9.17) is 0 Å². The number of anilines is 12. The number of aromatic nitrogens is 2. The first-order valence-corrected chi connectivity index (χ1v) is 48.7. The Kier molecular flexibility index (Phi) is 22.3. The van der Waals surface area contributed by atoms with Gasteiger partial charge in [0.15, 0.2) is 0 Å². The van der Waals surface area contributed by atoms with E-state index in [1.807, 2.05) is 0 Å². The molecule has 0 saturated heterocycles. The van der Waals surface area contributed by atoms with Gasteiger partial charge in [-0.25, -0.2) is 0 Å². The van der Waals surface area contributed by atoms with Crippen LogP contribution in [0.5, 0.6) is 0 Å². The molecule has 6 heteroatoms. The van der Waals surface area contributed by atoms with E-state index in [-0.39, 0.29) is 0 Å². The van der Waals surface area contributed by atoms with Crippen LogP contribution >= 0.6 is 0 Å². The summed E-state index contributed by atoms with van der Waals surface area (Å²) in [6.45, 7) is 0. The van der Waals surface area contributed by atoms with Crippen LogP contribution in [0.1, 0.15) is 0 Å². The summed E-state index contributed by atoms with van der Waals surface area (Å²) in [6, 6.07) is 207. The molecule has 0 radical (unpaired) electrons. The first-order chi connectivity index (χ1) is 70.5. The second-order valence-electron chi connectivity index (χ2n) is 36.2. The first-order valence-electron chi connectivity index (χ1n) is 48.7. The zero-order valence-electron chi connectivity index (χ0n) is 78.0. The fourth-order valence-electron chi connectivity index (χ4n) is 21.6. The number of fused-ring (bicyclic) bond motifs is 10. The maximum atomic E-state index is 2.46. The molecule has 0 aliphatic carbocycles. The molecular formula is C136H94N6. The van der Waals surface area contributed by atoms with Gasteiger partial charge in [0, 0.05) is 101 Å². The van der Waals surface area contributed by atoms with Gasteiger partial charge in [0.05, 0.1) is 22.1 Å². The summed E-state index contributed by atoms with van der Waals surface area (Å²) in [4.78, 5) is 9.41. The second-order valence-corrected chi connectivity index (χ2v) is 36.2. The number of benzene rings is 24. The molecule has 0 aliphatic rings. The fourth-order valence-corrected chi connectivity index (χ4v) is 21.6. The van der Waals surface area contributed by atoms with Gasteiger partial charge in [0.1, 0.15) is 0 Å². The van der Waals surface area contributed by atoms with E-state index in [1.54, 1.807) is 0 Å². The molecule has 6 nitrogen and oxygen atoms in total. The minimum absolute atomic E-state index is 1.09. The van der Waals surface area contributed by atoms with Crippen molar-refractivity contribution in [3.63, 3.8) is 0 Å². The van der Waals surface area contributed by atoms with Crippen molar-refractivity contribution in [1.29, 1.82) is 0 Å². The van der Waals surface area contributed by atoms with Crippen LogP contribution in [0.3, 0.4) is 0 Å². The summed E-state index contributed by atoms with van der Waals surface area (Å²) in [5.74, 6) is 0. The van der Waals surface area contributed by atoms with E-state index in [0.717, 1.165) is 102 Å². The molecule has 0 aliphatic heterocycles. The van der Waals surface area contributed by atoms with Gasteiger partial charge in [-0.3, -0.25) is 0 Å². The normalized spacial score (nSPS) is 11.4. The van der Waals surface area contributed by atoms with E-state index < -0.39 is 0 Å². The van der Waals surface area contributed by atoms with Crippen LogP contribution in [0.4, 0.5) is 68.2 Å². The lowest BCUT2D eigenvalue weighted by Gasteiger charge is -2.26. The number of nitrogens with zero attached hydrogens (tertiary/aromatic N) is 6. The van der Waals surface area contributed by atoms with Crippen LogP contribution in [-0.2, 0) is 0 Å². The zero-order valence-corrected chi connectivity index (χ0v) is 78.0. The summed E-state index contributed by atoms with van der Waals surface area (Å²) in [7, 11) is 0. The van der Waals surface area contributed by atoms with Crippen LogP contribution in [-0.4, -0.2) is 9.13 Å². The molecule has 26 aromatic rings. The van der Waals surface area contributed by atoms with Gasteiger partial charge >= 0.3 is 0 Å². The monoisotopic (exact) mass is 1810 g/mol. The molecule has 0 N–H and O–H groups in total. The minimum atomic E-state index is 1.09. The number of para-hydroxylation sites is 8. The Bertz CT molecular complexity index is 8570. The number of hydrogen-bond donors (Lipinski definition) is 0. The minimum Gasteiger partial charge on any atom is -0.310 e. The van der Waals surface area contributed by atoms with E-state index in [1.165, 1.54) is 131 Å². The van der Waals surface area contributed by atoms with Crippen molar-refractivity contribution >= 4 is 155 Å². The molecule has 2 heterocycles. The van der Waals surface area contributed by atoms with Crippen LogP contribution < -0.4 is 19.6 Å². The van der Waals surface area contributed by atoms with Crippen molar-refractivity contribution in [2.24, 2.45) is 0 Å². The maximum absolute atomic E-state index is 2.46. The summed E-state index contributed by atoms with van der Waals surface area (Å²) in [6.07, 6.45) is 0. The Labute approximate surface area is 826 Å². The van der Waals surface area contributed by atoms with Gasteiger partial charge in [-0.2, -0.15) is 0 Å². The third-order valence-corrected chi connectivity index (χ3v) is 27.8. The van der Waals surface area contributed by atoms with Crippen LogP contribution in [0.2, 0.25) is 0 Å². The van der Waals surface area contributed by atoms with E-state index in [0.29, 0.717) is 0 Å². The Morgan fingerprint density at radius 1 is 0.106 bits per heavy atom. The molecule has 0 saturated carbocycles. The predicted octanol–water partition coefficient (Wildman–Crippen LogP) is 38.1. The zero-order chi connectivity index (χ0) is 94.2. The van der Waals surface area contributed by atoms with Gasteiger partial charge in [-0.15, -0.1) is 0 Å². The van der Waals surface area contributed by atoms with Gasteiger partial charge < -0.3 is 28.7 Å². The Hall–Kier alpha value is -18.9. The second kappa shape index (κ2) is 37.3. The summed E-state index contributed by atoms with van der Waals surface area (Å²) in [5, 5.41) is 14.5. The smallest absolute Gasteiger partial charge is 0.0542 e. The fraction of sp³-hybridized carbons (Fsp3) is 0. The van der Waals surface area contributed by atoms with Crippen LogP contribution in [0, 0.1) is 0 Å². The average Bonchev–Trinajstić information content (AvgIpc) is 1.40. The van der Waals surface area contributed by atoms with Crippen molar-refractivity contribution in [2.45, 2.75) is 0 Å². The molecule has 0 bridgehead atoms. The van der Waals surface area contributed by atoms with Crippen molar-refractivity contribution in [1.82, 2.24) is 9.13 Å². The van der Waals surface area contributed by atoms with Gasteiger partial charge in [0.25, 0.3) is 0 Å². The lowest BCUT2D eigenvalue weighted by molar-refractivity contribution is 1.18. The summed E-state index contributed by atoms with van der Waals surface area (Å²) in [5.41, 5.74) is 34.5. The Morgan fingerprint density at radius 3 is 0.542 bits per heavy atom. The van der Waals surface area contributed by atoms with Crippen molar-refractivity contribution in [3.8, 4) is 78.1 Å². The highest BCUT2D eigenvalue weighted by molar-refractivity contribution is 6.24. The molecule has 668 valence electrons. The van der Waals surface area contributed by atoms with Gasteiger partial charge in [-0.05, 0) is 310 Å². The highest BCUT2D eigenvalue weighted by Crippen LogP contribution is 2.52. The lowest BCUT2D eigenvalue weighted by atomic mass is 9.85. The van der Waals surface area contributed by atoms with Crippen molar-refractivity contribution < 1.29 is 0 Å². The van der Waals surface area contributed by atoms with Crippen LogP contribution in [0.25, 0.3) is 165 Å². The lowest BCUT2D eigenvalue weighted by Crippen LogP contribution is -2.09. The van der Waals surface area contributed by atoms with Gasteiger partial charge in [-0.1, -0.05) is 370 Å². The standard InChI is InChI=1S/2C68H47N3/c1-6-22-48(23-7-1)49-24-20-25-50(44-49)67-59-36-16-18-38-61(59)68(62-39-19-17-37-60(62)67)51-26-21-35-56(45-51)71-65-42-40-57(69(52-27-8-2-9-28-52)53-29-10-3-11-30-53)46-63(65)64-47-58(41-43-66(64)71)70(54-31-12-4-13-32-54)55-33-14-5-15-34-55;1-6-21-48(22-7-1)49-37-39-50(40-38-49)67-59-33-16-18-35-61(59)68(62-36-19-17-34-60(62)67)51-23-20-32-56(45-51)71-65-43-41-57(69(52-24-8-2-9-25-52)53-26-10-3-11-27-53)46-63(65)64-47-58(42-44-66(64)71)70(54-28-12-4-13-29-54)55-30-14-5-15-31-55/h2*1-47H. The topological polar surface area (TPSA) is 22.8 Å². The first kappa shape index (κ1) is 84.8. The van der Waals surface area contributed by atoms with E-state index in [2.05, 4.69) is 599 Å².